The molecule has 3 nitrogen and oxygen atoms in total. The molecule has 0 saturated heterocycles. The second-order valence-electron chi connectivity index (χ2n) is 19.8. The zero-order valence-electron chi connectivity index (χ0n) is 40.3. The van der Waals surface area contributed by atoms with Crippen LogP contribution in [0.1, 0.15) is 0 Å². The van der Waals surface area contributed by atoms with Crippen molar-refractivity contribution in [2.45, 2.75) is 0 Å². The first-order valence-corrected chi connectivity index (χ1v) is 25.7. The SMILES string of the molecule is c1ccc(-c2c(N3c4ccccc4B4c5ccc(-n6c7ccccc7c7ccccc76)cc5N(c5c(-c6ccccc6)c6ccccc6c6ccccc56)c5cccc3c54)c3ccccc3c3ccccc23)cc1. The van der Waals surface area contributed by atoms with Crippen LogP contribution < -0.4 is 26.2 Å². The molecule has 3 heterocycles. The predicted molar refractivity (Wildman–Crippen MR) is 316 cm³/mol. The fourth-order valence-electron chi connectivity index (χ4n) is 13.2. The van der Waals surface area contributed by atoms with Crippen molar-refractivity contribution in [2.24, 2.45) is 0 Å². The number of anilines is 6. The van der Waals surface area contributed by atoms with Gasteiger partial charge in [0, 0.05) is 61.1 Å². The molecule has 4 heteroatoms. The Kier molecular flexibility index (Phi) is 8.83. The third kappa shape index (κ3) is 5.73. The molecule has 0 saturated carbocycles. The van der Waals surface area contributed by atoms with Crippen molar-refractivity contribution in [3.05, 3.63) is 267 Å². The maximum atomic E-state index is 2.65. The number of para-hydroxylation sites is 3. The zero-order chi connectivity index (χ0) is 48.4. The van der Waals surface area contributed by atoms with Gasteiger partial charge in [-0.2, -0.15) is 0 Å². The molecule has 1 aromatic heterocycles. The van der Waals surface area contributed by atoms with Gasteiger partial charge < -0.3 is 14.4 Å². The number of aromatic nitrogens is 1. The van der Waals surface area contributed by atoms with Gasteiger partial charge in [0.25, 0.3) is 6.71 Å². The van der Waals surface area contributed by atoms with Gasteiger partial charge in [0.1, 0.15) is 0 Å². The van der Waals surface area contributed by atoms with E-state index in [2.05, 4.69) is 281 Å². The van der Waals surface area contributed by atoms with Crippen molar-refractivity contribution in [1.82, 2.24) is 4.57 Å². The second kappa shape index (κ2) is 15.9. The molecule has 13 aromatic carbocycles. The van der Waals surface area contributed by atoms with Gasteiger partial charge in [0.05, 0.1) is 22.4 Å². The van der Waals surface area contributed by atoms with Crippen molar-refractivity contribution in [2.75, 3.05) is 9.80 Å². The van der Waals surface area contributed by atoms with E-state index in [0.717, 1.165) is 5.69 Å². The summed E-state index contributed by atoms with van der Waals surface area (Å²) in [5.74, 6) is 0. The van der Waals surface area contributed by atoms with Crippen molar-refractivity contribution < 1.29 is 0 Å². The maximum absolute atomic E-state index is 2.65. The number of fused-ring (bicyclic) bond motifs is 13. The highest BCUT2D eigenvalue weighted by molar-refractivity contribution is 7.00. The van der Waals surface area contributed by atoms with E-state index in [1.165, 1.54) is 138 Å². The van der Waals surface area contributed by atoms with Crippen molar-refractivity contribution >= 4 is 122 Å². The molecule has 14 aromatic rings. The van der Waals surface area contributed by atoms with E-state index in [0.29, 0.717) is 0 Å². The van der Waals surface area contributed by atoms with Gasteiger partial charge in [0.2, 0.25) is 0 Å². The molecule has 0 atom stereocenters. The molecule has 0 spiro atoms. The minimum atomic E-state index is -0.0779. The summed E-state index contributed by atoms with van der Waals surface area (Å²) in [4.78, 5) is 5.27. The average molecular weight is 938 g/mol. The summed E-state index contributed by atoms with van der Waals surface area (Å²) in [5.41, 5.74) is 19.2. The highest BCUT2D eigenvalue weighted by atomic mass is 15.2. The van der Waals surface area contributed by atoms with Crippen molar-refractivity contribution in [1.29, 1.82) is 0 Å². The van der Waals surface area contributed by atoms with Gasteiger partial charge >= 0.3 is 0 Å². The van der Waals surface area contributed by atoms with Crippen molar-refractivity contribution in [3.63, 3.8) is 0 Å². The average Bonchev–Trinajstić information content (AvgIpc) is 3.81. The Morgan fingerprint density at radius 3 is 1.16 bits per heavy atom. The molecular formula is C70H44BN3. The molecule has 0 fully saturated rings. The Labute approximate surface area is 429 Å². The van der Waals surface area contributed by atoms with E-state index in [4.69, 9.17) is 0 Å². The van der Waals surface area contributed by atoms with Crippen LogP contribution in [-0.2, 0) is 0 Å². The number of nitrogens with zero attached hydrogens (tertiary/aromatic N) is 3. The summed E-state index contributed by atoms with van der Waals surface area (Å²) in [6.07, 6.45) is 0. The third-order valence-electron chi connectivity index (χ3n) is 16.1. The van der Waals surface area contributed by atoms with Gasteiger partial charge in [0.15, 0.2) is 0 Å². The molecule has 0 radical (unpaired) electrons. The van der Waals surface area contributed by atoms with Crippen LogP contribution in [0.2, 0.25) is 0 Å². The van der Waals surface area contributed by atoms with E-state index in [1.807, 2.05) is 0 Å². The number of rotatable bonds is 5. The van der Waals surface area contributed by atoms with Crippen LogP contribution in [0.5, 0.6) is 0 Å². The lowest BCUT2D eigenvalue weighted by Crippen LogP contribution is -2.61. The molecule has 0 amide bonds. The van der Waals surface area contributed by atoms with Gasteiger partial charge in [-0.15, -0.1) is 0 Å². The molecule has 0 aliphatic carbocycles. The number of hydrogen-bond donors (Lipinski definition) is 0. The summed E-state index contributed by atoms with van der Waals surface area (Å²) in [6.45, 7) is -0.0779. The molecule has 0 N–H and O–H groups in total. The fourth-order valence-corrected chi connectivity index (χ4v) is 13.2. The minimum Gasteiger partial charge on any atom is -0.310 e. The molecular weight excluding hydrogens is 894 g/mol. The highest BCUT2D eigenvalue weighted by Crippen LogP contribution is 2.54. The monoisotopic (exact) mass is 937 g/mol. The zero-order valence-corrected chi connectivity index (χ0v) is 40.3. The summed E-state index contributed by atoms with van der Waals surface area (Å²) in [5, 5.41) is 12.3. The lowest BCUT2D eigenvalue weighted by Gasteiger charge is -2.45. The topological polar surface area (TPSA) is 11.4 Å². The number of benzene rings is 13. The molecule has 2 aliphatic rings. The van der Waals surface area contributed by atoms with Gasteiger partial charge in [-0.1, -0.05) is 224 Å². The van der Waals surface area contributed by atoms with Gasteiger partial charge in [-0.3, -0.25) is 0 Å². The first kappa shape index (κ1) is 41.0. The van der Waals surface area contributed by atoms with Crippen LogP contribution in [0.25, 0.3) is 92.8 Å². The molecule has 342 valence electrons. The smallest absolute Gasteiger partial charge is 0.252 e. The standard InChI is InChI=1S/C70H44BN3/c1-3-22-45(23-4-1)66-54-32-11-7-26-48(54)50-28-9-13-34-56(50)69(66)73-62-39-20-17-36-58(62)71-59-43-42-47(72-60-37-18-15-30-52(60)53-31-16-19-38-61(53)72)44-65(59)74(64-41-21-40-63(73)68(64)71)70-57-35-14-10-29-51(57)49-27-8-12-33-55(49)67(70)46-24-5-2-6-25-46/h1-44H. The summed E-state index contributed by atoms with van der Waals surface area (Å²) in [6, 6.07) is 99.5. The van der Waals surface area contributed by atoms with E-state index in [1.54, 1.807) is 0 Å². The summed E-state index contributed by atoms with van der Waals surface area (Å²) < 4.78 is 2.47. The molecule has 74 heavy (non-hydrogen) atoms. The Balaban J connectivity index is 1.07. The second-order valence-corrected chi connectivity index (χ2v) is 19.8. The van der Waals surface area contributed by atoms with Crippen LogP contribution in [0.3, 0.4) is 0 Å². The predicted octanol–water partition coefficient (Wildman–Crippen LogP) is 16.8. The van der Waals surface area contributed by atoms with E-state index < -0.39 is 0 Å². The van der Waals surface area contributed by atoms with Crippen molar-refractivity contribution in [3.8, 4) is 27.9 Å². The molecule has 2 aliphatic heterocycles. The van der Waals surface area contributed by atoms with Crippen LogP contribution in [0.4, 0.5) is 34.1 Å². The van der Waals surface area contributed by atoms with Crippen LogP contribution in [0.15, 0.2) is 267 Å². The van der Waals surface area contributed by atoms with Crippen LogP contribution in [-0.4, -0.2) is 11.3 Å². The summed E-state index contributed by atoms with van der Waals surface area (Å²) in [7, 11) is 0. The lowest BCUT2D eigenvalue weighted by molar-refractivity contribution is 1.17. The van der Waals surface area contributed by atoms with Crippen LogP contribution >= 0.6 is 0 Å². The lowest BCUT2D eigenvalue weighted by atomic mass is 9.33. The largest absolute Gasteiger partial charge is 0.310 e. The summed E-state index contributed by atoms with van der Waals surface area (Å²) >= 11 is 0. The van der Waals surface area contributed by atoms with E-state index in [-0.39, 0.29) is 6.71 Å². The highest BCUT2D eigenvalue weighted by Gasteiger charge is 2.45. The van der Waals surface area contributed by atoms with E-state index >= 15 is 0 Å². The minimum absolute atomic E-state index is 0.0779. The quantitative estimate of drug-likeness (QED) is 0.126. The molecule has 16 rings (SSSR count). The normalized spacial score (nSPS) is 12.8. The van der Waals surface area contributed by atoms with Gasteiger partial charge in [-0.05, 0) is 102 Å². The molecule has 0 unspecified atom stereocenters. The Morgan fingerprint density at radius 2 is 0.635 bits per heavy atom. The Bertz CT molecular complexity index is 4580. The van der Waals surface area contributed by atoms with Crippen LogP contribution in [0, 0.1) is 0 Å². The van der Waals surface area contributed by atoms with Gasteiger partial charge in [-0.25, -0.2) is 0 Å². The first-order valence-electron chi connectivity index (χ1n) is 25.7. The Hall–Kier alpha value is -9.64. The first-order chi connectivity index (χ1) is 36.8. The Morgan fingerprint density at radius 1 is 0.257 bits per heavy atom. The number of hydrogen-bond acceptors (Lipinski definition) is 2. The maximum Gasteiger partial charge on any atom is 0.252 e. The van der Waals surface area contributed by atoms with E-state index in [9.17, 15) is 0 Å². The third-order valence-corrected chi connectivity index (χ3v) is 16.1. The molecule has 0 bridgehead atoms. The fraction of sp³-hybridized carbons (Fsp3) is 0.